The molecule has 0 saturated heterocycles. The van der Waals surface area contributed by atoms with Crippen LogP contribution in [0.5, 0.6) is 5.75 Å². The van der Waals surface area contributed by atoms with E-state index in [1.807, 2.05) is 0 Å². The fraction of sp³-hybridized carbons (Fsp3) is 0.500. The number of ether oxygens (including phenoxy) is 1. The molecule has 0 radical (unpaired) electrons. The number of hydrogen-bond acceptors (Lipinski definition) is 3. The molecule has 0 N–H and O–H groups in total. The van der Waals surface area contributed by atoms with Crippen molar-refractivity contribution >= 4 is 37.4 Å². The first-order valence-corrected chi connectivity index (χ1v) is 8.51. The zero-order chi connectivity index (χ0) is 15.0. The maximum atomic E-state index is 13.5. The van der Waals surface area contributed by atoms with E-state index in [4.69, 9.17) is 16.3 Å². The molecule has 1 rings (SSSR count). The van der Waals surface area contributed by atoms with Crippen molar-refractivity contribution in [3.8, 4) is 5.75 Å². The van der Waals surface area contributed by atoms with Gasteiger partial charge in [-0.05, 0) is 35.8 Å². The topological polar surface area (TPSA) is 43.4 Å². The van der Waals surface area contributed by atoms with Crippen molar-refractivity contribution in [2.75, 3.05) is 13.4 Å². The molecule has 0 aromatic heterocycles. The molecule has 0 heterocycles. The summed E-state index contributed by atoms with van der Waals surface area (Å²) in [6, 6.07) is 2.62. The van der Waals surface area contributed by atoms with Gasteiger partial charge >= 0.3 is 0 Å². The van der Waals surface area contributed by atoms with Gasteiger partial charge in [-0.2, -0.15) is 0 Å². The lowest BCUT2D eigenvalue weighted by molar-refractivity contribution is 0.402. The Hall–Kier alpha value is -0.330. The fourth-order valence-electron chi connectivity index (χ4n) is 1.48. The summed E-state index contributed by atoms with van der Waals surface area (Å²) >= 11 is 9.34. The van der Waals surface area contributed by atoms with Crippen LogP contribution in [0.2, 0.25) is 0 Å². The Labute approximate surface area is 126 Å². The number of benzene rings is 1. The first kappa shape index (κ1) is 16.7. The molecule has 3 nitrogen and oxygen atoms in total. The molecule has 0 aliphatic rings. The molecule has 0 amide bonds. The quantitative estimate of drug-likeness (QED) is 0.756. The number of sulfone groups is 1. The predicted molar refractivity (Wildman–Crippen MR) is 78.2 cm³/mol. The monoisotopic (exact) mass is 372 g/mol. The standard InChI is InChI=1S/C12H15BrClFO3S/c1-12(2,19(4,16)17)11(14)7-5-8(13)9(15)6-10(7)18-3/h5-6,11H,1-4H3. The van der Waals surface area contributed by atoms with E-state index in [0.717, 1.165) is 6.26 Å². The zero-order valence-corrected chi connectivity index (χ0v) is 14.2. The second-order valence-corrected chi connectivity index (χ2v) is 8.63. The summed E-state index contributed by atoms with van der Waals surface area (Å²) in [7, 11) is -2.02. The minimum atomic E-state index is -3.39. The Balaban J connectivity index is 3.42. The van der Waals surface area contributed by atoms with Crippen molar-refractivity contribution in [2.24, 2.45) is 0 Å². The average molecular weight is 374 g/mol. The van der Waals surface area contributed by atoms with E-state index >= 15 is 0 Å². The van der Waals surface area contributed by atoms with Crippen molar-refractivity contribution in [1.29, 1.82) is 0 Å². The lowest BCUT2D eigenvalue weighted by Crippen LogP contribution is -2.35. The van der Waals surface area contributed by atoms with Gasteiger partial charge in [-0.1, -0.05) is 0 Å². The van der Waals surface area contributed by atoms with Crippen LogP contribution in [0.1, 0.15) is 24.8 Å². The summed E-state index contributed by atoms with van der Waals surface area (Å²) in [6.07, 6.45) is 1.12. The van der Waals surface area contributed by atoms with Crippen LogP contribution >= 0.6 is 27.5 Å². The summed E-state index contributed by atoms with van der Waals surface area (Å²) in [5.74, 6) is -0.279. The van der Waals surface area contributed by atoms with Crippen molar-refractivity contribution < 1.29 is 17.5 Å². The van der Waals surface area contributed by atoms with E-state index in [2.05, 4.69) is 15.9 Å². The molecule has 0 fully saturated rings. The first-order chi connectivity index (χ1) is 8.52. The molecule has 19 heavy (non-hydrogen) atoms. The van der Waals surface area contributed by atoms with Crippen LogP contribution in [0, 0.1) is 5.82 Å². The summed E-state index contributed by atoms with van der Waals surface area (Å²) in [5, 5.41) is -0.866. The van der Waals surface area contributed by atoms with Gasteiger partial charge in [0.25, 0.3) is 0 Å². The van der Waals surface area contributed by atoms with Crippen LogP contribution in [-0.4, -0.2) is 26.5 Å². The van der Waals surface area contributed by atoms with Crippen molar-refractivity contribution in [2.45, 2.75) is 24.0 Å². The second kappa shape index (κ2) is 5.58. The number of rotatable bonds is 4. The van der Waals surface area contributed by atoms with Gasteiger partial charge in [0.15, 0.2) is 9.84 Å². The maximum Gasteiger partial charge on any atom is 0.154 e. The van der Waals surface area contributed by atoms with Gasteiger partial charge in [0.2, 0.25) is 0 Å². The van der Waals surface area contributed by atoms with Crippen molar-refractivity contribution in [3.63, 3.8) is 0 Å². The van der Waals surface area contributed by atoms with E-state index < -0.39 is 25.8 Å². The maximum absolute atomic E-state index is 13.5. The van der Waals surface area contributed by atoms with Gasteiger partial charge in [-0.3, -0.25) is 0 Å². The molecule has 7 heteroatoms. The Morgan fingerprint density at radius 3 is 2.37 bits per heavy atom. The third-order valence-corrected chi connectivity index (χ3v) is 6.78. The van der Waals surface area contributed by atoms with Gasteiger partial charge in [0, 0.05) is 17.9 Å². The van der Waals surface area contributed by atoms with E-state index in [-0.39, 0.29) is 10.2 Å². The third-order valence-electron chi connectivity index (χ3n) is 3.11. The molecule has 0 aliphatic heterocycles. The minimum Gasteiger partial charge on any atom is -0.496 e. The molecule has 0 aliphatic carbocycles. The Morgan fingerprint density at radius 2 is 1.95 bits per heavy atom. The molecule has 0 bridgehead atoms. The normalized spacial score (nSPS) is 14.3. The zero-order valence-electron chi connectivity index (χ0n) is 11.0. The highest BCUT2D eigenvalue weighted by molar-refractivity contribution is 9.10. The van der Waals surface area contributed by atoms with Gasteiger partial charge < -0.3 is 4.74 Å². The highest BCUT2D eigenvalue weighted by atomic mass is 79.9. The molecule has 0 spiro atoms. The fourth-order valence-corrected chi connectivity index (χ4v) is 3.00. The summed E-state index contributed by atoms with van der Waals surface area (Å²) < 4.78 is 41.1. The molecule has 1 aromatic carbocycles. The molecular formula is C12H15BrClFO3S. The minimum absolute atomic E-state index is 0.207. The molecule has 1 aromatic rings. The van der Waals surface area contributed by atoms with Crippen LogP contribution in [0.4, 0.5) is 4.39 Å². The SMILES string of the molecule is COc1cc(F)c(Br)cc1C(Cl)C(C)(C)S(C)(=O)=O. The average Bonchev–Trinajstić information content (AvgIpc) is 2.29. The summed E-state index contributed by atoms with van der Waals surface area (Å²) in [4.78, 5) is 0. The van der Waals surface area contributed by atoms with Gasteiger partial charge in [-0.25, -0.2) is 12.8 Å². The molecule has 1 unspecified atom stereocenters. The lowest BCUT2D eigenvalue weighted by atomic mass is 10.0. The van der Waals surface area contributed by atoms with E-state index in [1.54, 1.807) is 0 Å². The van der Waals surface area contributed by atoms with Crippen LogP contribution < -0.4 is 4.74 Å². The molecular weight excluding hydrogens is 359 g/mol. The number of alkyl halides is 1. The van der Waals surface area contributed by atoms with Gasteiger partial charge in [0.05, 0.1) is 21.7 Å². The number of halogens is 3. The summed E-state index contributed by atoms with van der Waals surface area (Å²) in [5.41, 5.74) is 0.424. The third kappa shape index (κ3) is 3.23. The van der Waals surface area contributed by atoms with Gasteiger partial charge in [0.1, 0.15) is 11.6 Å². The van der Waals surface area contributed by atoms with Crippen molar-refractivity contribution in [1.82, 2.24) is 0 Å². The van der Waals surface area contributed by atoms with Crippen LogP contribution in [0.25, 0.3) is 0 Å². The Morgan fingerprint density at radius 1 is 1.42 bits per heavy atom. The van der Waals surface area contributed by atoms with Crippen molar-refractivity contribution in [3.05, 3.63) is 28.0 Å². The lowest BCUT2D eigenvalue weighted by Gasteiger charge is -2.29. The Bertz CT molecular complexity index is 587. The number of methoxy groups -OCH3 is 1. The predicted octanol–water partition coefficient (Wildman–Crippen LogP) is 3.70. The molecule has 0 saturated carbocycles. The smallest absolute Gasteiger partial charge is 0.154 e. The second-order valence-electron chi connectivity index (χ2n) is 4.75. The highest BCUT2D eigenvalue weighted by Gasteiger charge is 2.40. The largest absolute Gasteiger partial charge is 0.496 e. The molecule has 1 atom stereocenters. The van der Waals surface area contributed by atoms with Crippen LogP contribution in [-0.2, 0) is 9.84 Å². The first-order valence-electron chi connectivity index (χ1n) is 5.39. The Kier molecular flexibility index (Phi) is 4.91. The van der Waals surface area contributed by atoms with Crippen LogP contribution in [0.3, 0.4) is 0 Å². The summed E-state index contributed by atoms with van der Waals surface area (Å²) in [6.45, 7) is 3.05. The van der Waals surface area contributed by atoms with Gasteiger partial charge in [-0.15, -0.1) is 11.6 Å². The van der Waals surface area contributed by atoms with E-state index in [1.165, 1.54) is 33.1 Å². The molecule has 108 valence electrons. The van der Waals surface area contributed by atoms with E-state index in [9.17, 15) is 12.8 Å². The van der Waals surface area contributed by atoms with Crippen LogP contribution in [0.15, 0.2) is 16.6 Å². The highest BCUT2D eigenvalue weighted by Crippen LogP contribution is 2.43. The number of hydrogen-bond donors (Lipinski definition) is 0. The van der Waals surface area contributed by atoms with E-state index in [0.29, 0.717) is 5.56 Å².